The van der Waals surface area contributed by atoms with Crippen molar-refractivity contribution in [2.75, 3.05) is 0 Å². The average molecular weight is 262 g/mol. The van der Waals surface area contributed by atoms with Gasteiger partial charge in [0.05, 0.1) is 18.2 Å². The number of aliphatic hydroxyl groups excluding tert-OH is 1. The minimum atomic E-state index is -0.590. The van der Waals surface area contributed by atoms with Crippen LogP contribution in [0.15, 0.2) is 24.3 Å². The normalized spacial score (nSPS) is 23.8. The number of nitrogens with one attached hydrogen (secondary N) is 1. The van der Waals surface area contributed by atoms with Crippen molar-refractivity contribution < 1.29 is 9.90 Å². The Morgan fingerprint density at radius 3 is 2.68 bits per heavy atom. The summed E-state index contributed by atoms with van der Waals surface area (Å²) >= 11 is 0. The number of aliphatic hydroxyl groups is 1. The van der Waals surface area contributed by atoms with Crippen molar-refractivity contribution in [1.29, 1.82) is 0 Å². The van der Waals surface area contributed by atoms with E-state index >= 15 is 0 Å². The van der Waals surface area contributed by atoms with Crippen LogP contribution in [-0.2, 0) is 11.2 Å². The van der Waals surface area contributed by atoms with Crippen molar-refractivity contribution in [2.45, 2.75) is 45.4 Å². The Balaban J connectivity index is 2.14. The lowest BCUT2D eigenvalue weighted by Crippen LogP contribution is -2.50. The van der Waals surface area contributed by atoms with Crippen LogP contribution in [0.2, 0.25) is 0 Å². The van der Waals surface area contributed by atoms with Gasteiger partial charge in [-0.3, -0.25) is 4.79 Å². The lowest BCUT2D eigenvalue weighted by molar-refractivity contribution is -0.126. The van der Waals surface area contributed by atoms with E-state index in [1.165, 1.54) is 0 Å². The standard InChI is InChI=1S/C15H22N2O2/c1-15(2,3)13(16)14(19)17-12-10-7-5-4-6-9(10)8-11(12)18/h4-7,11-13,18H,8,16H2,1-3H3,(H,17,19)/t11-,12+,13-/m0/s1. The summed E-state index contributed by atoms with van der Waals surface area (Å²) in [6, 6.07) is 6.84. The third kappa shape index (κ3) is 2.80. The molecule has 0 spiro atoms. The highest BCUT2D eigenvalue weighted by Crippen LogP contribution is 2.31. The molecule has 0 aromatic heterocycles. The number of carbonyl (C=O) groups is 1. The number of benzene rings is 1. The van der Waals surface area contributed by atoms with Crippen LogP contribution in [0.3, 0.4) is 0 Å². The molecule has 0 unspecified atom stereocenters. The zero-order valence-corrected chi connectivity index (χ0v) is 11.7. The first-order chi connectivity index (χ1) is 8.80. The van der Waals surface area contributed by atoms with Gasteiger partial charge in [0.1, 0.15) is 0 Å². The number of carbonyl (C=O) groups excluding carboxylic acids is 1. The van der Waals surface area contributed by atoms with Crippen LogP contribution in [0.1, 0.15) is 37.9 Å². The van der Waals surface area contributed by atoms with E-state index in [1.54, 1.807) is 0 Å². The predicted molar refractivity (Wildman–Crippen MR) is 74.5 cm³/mol. The Morgan fingerprint density at radius 2 is 2.05 bits per heavy atom. The van der Waals surface area contributed by atoms with Crippen LogP contribution >= 0.6 is 0 Å². The molecule has 1 amide bonds. The zero-order valence-electron chi connectivity index (χ0n) is 11.7. The molecule has 1 aromatic rings. The third-order valence-electron chi connectivity index (χ3n) is 3.72. The van der Waals surface area contributed by atoms with Crippen LogP contribution in [0.25, 0.3) is 0 Å². The van der Waals surface area contributed by atoms with Gasteiger partial charge in [-0.25, -0.2) is 0 Å². The topological polar surface area (TPSA) is 75.4 Å². The molecule has 4 N–H and O–H groups in total. The number of nitrogens with two attached hydrogens (primary N) is 1. The maximum atomic E-state index is 12.2. The molecule has 1 aliphatic carbocycles. The Hall–Kier alpha value is -1.39. The Kier molecular flexibility index (Phi) is 3.65. The van der Waals surface area contributed by atoms with Crippen LogP contribution in [0.5, 0.6) is 0 Å². The molecule has 1 aliphatic rings. The summed E-state index contributed by atoms with van der Waals surface area (Å²) in [6.45, 7) is 5.78. The van der Waals surface area contributed by atoms with E-state index in [1.807, 2.05) is 45.0 Å². The largest absolute Gasteiger partial charge is 0.390 e. The average Bonchev–Trinajstić information content (AvgIpc) is 2.64. The van der Waals surface area contributed by atoms with Crippen molar-refractivity contribution in [3.8, 4) is 0 Å². The van der Waals surface area contributed by atoms with E-state index < -0.39 is 12.1 Å². The molecule has 19 heavy (non-hydrogen) atoms. The molecule has 0 bridgehead atoms. The summed E-state index contributed by atoms with van der Waals surface area (Å²) < 4.78 is 0. The van der Waals surface area contributed by atoms with E-state index in [9.17, 15) is 9.90 Å². The summed E-state index contributed by atoms with van der Waals surface area (Å²) in [4.78, 5) is 12.2. The predicted octanol–water partition coefficient (Wildman–Crippen LogP) is 1.13. The quantitative estimate of drug-likeness (QED) is 0.748. The van der Waals surface area contributed by atoms with Crippen LogP contribution in [-0.4, -0.2) is 23.2 Å². The highest BCUT2D eigenvalue weighted by Gasteiger charge is 2.35. The van der Waals surface area contributed by atoms with Crippen molar-refractivity contribution in [1.82, 2.24) is 5.32 Å². The third-order valence-corrected chi connectivity index (χ3v) is 3.72. The maximum absolute atomic E-state index is 12.2. The summed E-state index contributed by atoms with van der Waals surface area (Å²) in [5, 5.41) is 13.0. The monoisotopic (exact) mass is 262 g/mol. The van der Waals surface area contributed by atoms with Gasteiger partial charge < -0.3 is 16.2 Å². The van der Waals surface area contributed by atoms with E-state index in [0.29, 0.717) is 6.42 Å². The van der Waals surface area contributed by atoms with Gasteiger partial charge >= 0.3 is 0 Å². The van der Waals surface area contributed by atoms with E-state index in [4.69, 9.17) is 5.73 Å². The molecule has 3 atom stereocenters. The van der Waals surface area contributed by atoms with Crippen molar-refractivity contribution in [2.24, 2.45) is 11.1 Å². The van der Waals surface area contributed by atoms with Gasteiger partial charge in [-0.05, 0) is 16.5 Å². The van der Waals surface area contributed by atoms with Crippen LogP contribution in [0, 0.1) is 5.41 Å². The number of amides is 1. The molecule has 0 aliphatic heterocycles. The first kappa shape index (κ1) is 14.0. The highest BCUT2D eigenvalue weighted by atomic mass is 16.3. The summed E-state index contributed by atoms with van der Waals surface area (Å²) in [7, 11) is 0. The van der Waals surface area contributed by atoms with Gasteiger partial charge in [0.25, 0.3) is 0 Å². The molecule has 2 rings (SSSR count). The zero-order chi connectivity index (χ0) is 14.2. The number of rotatable bonds is 2. The smallest absolute Gasteiger partial charge is 0.238 e. The van der Waals surface area contributed by atoms with Gasteiger partial charge in [0.15, 0.2) is 0 Å². The van der Waals surface area contributed by atoms with Gasteiger partial charge in [-0.1, -0.05) is 45.0 Å². The lowest BCUT2D eigenvalue weighted by Gasteiger charge is -2.28. The number of fused-ring (bicyclic) bond motifs is 1. The van der Waals surface area contributed by atoms with E-state index in [0.717, 1.165) is 11.1 Å². The van der Waals surface area contributed by atoms with Gasteiger partial charge in [-0.2, -0.15) is 0 Å². The molecular weight excluding hydrogens is 240 g/mol. The first-order valence-electron chi connectivity index (χ1n) is 6.62. The van der Waals surface area contributed by atoms with Crippen LogP contribution in [0.4, 0.5) is 0 Å². The van der Waals surface area contributed by atoms with E-state index in [2.05, 4.69) is 5.32 Å². The maximum Gasteiger partial charge on any atom is 0.238 e. The fraction of sp³-hybridized carbons (Fsp3) is 0.533. The Morgan fingerprint density at radius 1 is 1.42 bits per heavy atom. The second-order valence-corrected chi connectivity index (χ2v) is 6.30. The molecule has 4 nitrogen and oxygen atoms in total. The minimum absolute atomic E-state index is 0.215. The molecule has 0 saturated carbocycles. The molecule has 4 heteroatoms. The first-order valence-corrected chi connectivity index (χ1v) is 6.62. The molecule has 0 saturated heterocycles. The molecule has 0 fully saturated rings. The number of hydrogen-bond donors (Lipinski definition) is 3. The Labute approximate surface area is 114 Å². The van der Waals surface area contributed by atoms with Gasteiger partial charge in [-0.15, -0.1) is 0 Å². The van der Waals surface area contributed by atoms with Crippen molar-refractivity contribution >= 4 is 5.91 Å². The minimum Gasteiger partial charge on any atom is -0.390 e. The van der Waals surface area contributed by atoms with Crippen LogP contribution < -0.4 is 11.1 Å². The highest BCUT2D eigenvalue weighted by molar-refractivity contribution is 5.83. The molecular formula is C15H22N2O2. The Bertz CT molecular complexity index is 479. The summed E-state index contributed by atoms with van der Waals surface area (Å²) in [6.07, 6.45) is -0.000172. The fourth-order valence-electron chi connectivity index (χ4n) is 2.38. The van der Waals surface area contributed by atoms with Gasteiger partial charge in [0, 0.05) is 6.42 Å². The number of hydrogen-bond acceptors (Lipinski definition) is 3. The lowest BCUT2D eigenvalue weighted by atomic mass is 9.86. The molecule has 104 valence electrons. The SMILES string of the molecule is CC(C)(C)[C@@H](N)C(=O)N[C@@H]1c2ccccc2C[C@@H]1O. The second kappa shape index (κ2) is 4.94. The fourth-order valence-corrected chi connectivity index (χ4v) is 2.38. The van der Waals surface area contributed by atoms with Crippen molar-refractivity contribution in [3.63, 3.8) is 0 Å². The summed E-state index contributed by atoms with van der Waals surface area (Å²) in [5.41, 5.74) is 7.72. The second-order valence-electron chi connectivity index (χ2n) is 6.30. The van der Waals surface area contributed by atoms with Crippen molar-refractivity contribution in [3.05, 3.63) is 35.4 Å². The molecule has 0 radical (unpaired) electrons. The molecule has 0 heterocycles. The molecule has 1 aromatic carbocycles. The summed E-state index contributed by atoms with van der Waals surface area (Å²) in [5.74, 6) is -0.215. The van der Waals surface area contributed by atoms with Gasteiger partial charge in [0.2, 0.25) is 5.91 Å². The van der Waals surface area contributed by atoms with E-state index in [-0.39, 0.29) is 17.4 Å².